The van der Waals surface area contributed by atoms with Crippen LogP contribution in [0, 0.1) is 10.1 Å². The van der Waals surface area contributed by atoms with Gasteiger partial charge in [-0.05, 0) is 19.9 Å². The molecule has 0 aliphatic rings. The molecule has 0 bridgehead atoms. The van der Waals surface area contributed by atoms with Crippen molar-refractivity contribution >= 4 is 24.2 Å². The Morgan fingerprint density at radius 2 is 1.95 bits per heavy atom. The molecule has 0 unspecified atom stereocenters. The maximum atomic E-state index is 12.0. The first kappa shape index (κ1) is 15.1. The van der Waals surface area contributed by atoms with Gasteiger partial charge in [-0.15, -0.1) is 0 Å². The summed E-state index contributed by atoms with van der Waals surface area (Å²) in [6.07, 6.45) is 0. The van der Waals surface area contributed by atoms with Gasteiger partial charge in [0.25, 0.3) is 11.6 Å². The van der Waals surface area contributed by atoms with Crippen LogP contribution >= 0.6 is 0 Å². The molecule has 8 heteroatoms. The Kier molecular flexibility index (Phi) is 5.02. The maximum absolute atomic E-state index is 12.0. The minimum atomic E-state index is -1.95. The molecule has 0 saturated heterocycles. The first-order chi connectivity index (χ1) is 8.92. The third kappa shape index (κ3) is 3.30. The van der Waals surface area contributed by atoms with Crippen LogP contribution in [0.15, 0.2) is 18.2 Å². The number of nitro groups is 1. The van der Waals surface area contributed by atoms with Crippen LogP contribution < -0.4 is 5.46 Å². The second kappa shape index (κ2) is 6.30. The molecule has 0 spiro atoms. The predicted octanol–water partition coefficient (Wildman–Crippen LogP) is -0.243. The number of hydrogen-bond donors (Lipinski definition) is 2. The minimum absolute atomic E-state index is 0.153. The summed E-state index contributed by atoms with van der Waals surface area (Å²) < 4.78 is 0. The molecule has 7 nitrogen and oxygen atoms in total. The highest BCUT2D eigenvalue weighted by Gasteiger charge is 2.26. The van der Waals surface area contributed by atoms with Gasteiger partial charge in [0, 0.05) is 24.7 Å². The monoisotopic (exact) mass is 266 g/mol. The van der Waals surface area contributed by atoms with Crippen molar-refractivity contribution in [1.82, 2.24) is 4.90 Å². The summed E-state index contributed by atoms with van der Waals surface area (Å²) in [5, 5.41) is 28.9. The van der Waals surface area contributed by atoms with Crippen LogP contribution in [0.25, 0.3) is 0 Å². The molecule has 0 aliphatic heterocycles. The van der Waals surface area contributed by atoms with Crippen molar-refractivity contribution in [2.75, 3.05) is 13.1 Å². The zero-order valence-corrected chi connectivity index (χ0v) is 10.7. The van der Waals surface area contributed by atoms with Crippen LogP contribution in [0.3, 0.4) is 0 Å². The van der Waals surface area contributed by atoms with E-state index >= 15 is 0 Å². The molecule has 0 fully saturated rings. The van der Waals surface area contributed by atoms with Gasteiger partial charge < -0.3 is 14.9 Å². The average molecular weight is 266 g/mol. The van der Waals surface area contributed by atoms with E-state index in [4.69, 9.17) is 10.0 Å². The number of benzene rings is 1. The number of hydrogen-bond acceptors (Lipinski definition) is 5. The largest absolute Gasteiger partial charge is 0.495 e. The number of carbonyl (C=O) groups excluding carboxylic acids is 1. The van der Waals surface area contributed by atoms with Crippen LogP contribution in [0.5, 0.6) is 0 Å². The van der Waals surface area contributed by atoms with Crippen molar-refractivity contribution in [2.45, 2.75) is 13.8 Å². The lowest BCUT2D eigenvalue weighted by Crippen LogP contribution is -2.34. The van der Waals surface area contributed by atoms with E-state index < -0.39 is 17.7 Å². The van der Waals surface area contributed by atoms with E-state index in [1.54, 1.807) is 0 Å². The van der Waals surface area contributed by atoms with Gasteiger partial charge >= 0.3 is 7.12 Å². The molecule has 1 aromatic rings. The lowest BCUT2D eigenvalue weighted by molar-refractivity contribution is -0.383. The lowest BCUT2D eigenvalue weighted by atomic mass is 9.78. The second-order valence-corrected chi connectivity index (χ2v) is 3.88. The fourth-order valence-electron chi connectivity index (χ4n) is 1.75. The van der Waals surface area contributed by atoms with Gasteiger partial charge in [0.2, 0.25) is 0 Å². The molecule has 2 N–H and O–H groups in total. The molecule has 0 radical (unpaired) electrons. The average Bonchev–Trinajstić information content (AvgIpc) is 2.39. The van der Waals surface area contributed by atoms with E-state index in [1.165, 1.54) is 17.0 Å². The summed E-state index contributed by atoms with van der Waals surface area (Å²) in [6, 6.07) is 3.59. The van der Waals surface area contributed by atoms with Gasteiger partial charge in [0.15, 0.2) is 0 Å². The summed E-state index contributed by atoms with van der Waals surface area (Å²) in [5.41, 5.74) is -0.561. The molecule has 0 saturated carbocycles. The SMILES string of the molecule is CCN(CC)C(=O)c1ccc(B(O)O)c([N+](=O)[O-])c1. The van der Waals surface area contributed by atoms with E-state index in [0.717, 1.165) is 6.07 Å². The molecular weight excluding hydrogens is 251 g/mol. The summed E-state index contributed by atoms with van der Waals surface area (Å²) >= 11 is 0. The molecular formula is C11H15BN2O5. The number of nitrogens with zero attached hydrogens (tertiary/aromatic N) is 2. The number of nitro benzene ring substituents is 1. The third-order valence-electron chi connectivity index (χ3n) is 2.80. The number of rotatable bonds is 5. The number of amides is 1. The van der Waals surface area contributed by atoms with Crippen molar-refractivity contribution in [1.29, 1.82) is 0 Å². The van der Waals surface area contributed by atoms with Gasteiger partial charge in [-0.25, -0.2) is 0 Å². The zero-order valence-electron chi connectivity index (χ0n) is 10.7. The van der Waals surface area contributed by atoms with E-state index in [1.807, 2.05) is 13.8 Å². The Morgan fingerprint density at radius 3 is 2.37 bits per heavy atom. The Bertz CT molecular complexity index is 488. The Hall–Kier alpha value is -1.93. The fourth-order valence-corrected chi connectivity index (χ4v) is 1.75. The van der Waals surface area contributed by atoms with Gasteiger partial charge in [-0.3, -0.25) is 14.9 Å². The zero-order chi connectivity index (χ0) is 14.6. The fraction of sp³-hybridized carbons (Fsp3) is 0.364. The van der Waals surface area contributed by atoms with Crippen LogP contribution in [0.1, 0.15) is 24.2 Å². The highest BCUT2D eigenvalue weighted by molar-refractivity contribution is 6.60. The van der Waals surface area contributed by atoms with Crippen molar-refractivity contribution in [2.24, 2.45) is 0 Å². The Morgan fingerprint density at radius 1 is 1.37 bits per heavy atom. The summed E-state index contributed by atoms with van der Waals surface area (Å²) in [5.74, 6) is -0.327. The molecule has 19 heavy (non-hydrogen) atoms. The van der Waals surface area contributed by atoms with Crippen LogP contribution in [0.2, 0.25) is 0 Å². The molecule has 0 heterocycles. The first-order valence-electron chi connectivity index (χ1n) is 5.86. The quantitative estimate of drug-likeness (QED) is 0.434. The molecule has 1 aromatic carbocycles. The summed E-state index contributed by atoms with van der Waals surface area (Å²) in [4.78, 5) is 23.7. The smallest absolute Gasteiger partial charge is 0.423 e. The third-order valence-corrected chi connectivity index (χ3v) is 2.80. The lowest BCUT2D eigenvalue weighted by Gasteiger charge is -2.18. The van der Waals surface area contributed by atoms with Gasteiger partial charge in [0.1, 0.15) is 0 Å². The van der Waals surface area contributed by atoms with E-state index in [0.29, 0.717) is 13.1 Å². The highest BCUT2D eigenvalue weighted by Crippen LogP contribution is 2.13. The van der Waals surface area contributed by atoms with E-state index in [9.17, 15) is 14.9 Å². The normalized spacial score (nSPS) is 10.1. The topological polar surface area (TPSA) is 104 Å². The van der Waals surface area contributed by atoms with Crippen molar-refractivity contribution in [3.8, 4) is 0 Å². The van der Waals surface area contributed by atoms with Crippen LogP contribution in [-0.4, -0.2) is 46.0 Å². The second-order valence-electron chi connectivity index (χ2n) is 3.88. The molecule has 0 aliphatic carbocycles. The van der Waals surface area contributed by atoms with Crippen LogP contribution in [-0.2, 0) is 0 Å². The highest BCUT2D eigenvalue weighted by atomic mass is 16.6. The van der Waals surface area contributed by atoms with E-state index in [-0.39, 0.29) is 16.9 Å². The molecule has 1 amide bonds. The maximum Gasteiger partial charge on any atom is 0.495 e. The standard InChI is InChI=1S/C11H15BN2O5/c1-3-13(4-2)11(15)8-5-6-9(12(16)17)10(7-8)14(18)19/h5-7,16-17H,3-4H2,1-2H3. The van der Waals surface area contributed by atoms with Crippen molar-refractivity contribution in [3.63, 3.8) is 0 Å². The van der Waals surface area contributed by atoms with Crippen molar-refractivity contribution < 1.29 is 19.8 Å². The van der Waals surface area contributed by atoms with Gasteiger partial charge in [-0.2, -0.15) is 0 Å². The Balaban J connectivity index is 3.22. The summed E-state index contributed by atoms with van der Waals surface area (Å²) in [6.45, 7) is 4.60. The molecule has 102 valence electrons. The van der Waals surface area contributed by atoms with Gasteiger partial charge in [-0.1, -0.05) is 6.07 Å². The van der Waals surface area contributed by atoms with Crippen LogP contribution in [0.4, 0.5) is 5.69 Å². The summed E-state index contributed by atoms with van der Waals surface area (Å²) in [7, 11) is -1.95. The van der Waals surface area contributed by atoms with E-state index in [2.05, 4.69) is 0 Å². The molecule has 0 atom stereocenters. The Labute approximate surface area is 110 Å². The minimum Gasteiger partial charge on any atom is -0.423 e. The van der Waals surface area contributed by atoms with Gasteiger partial charge in [0.05, 0.1) is 10.4 Å². The molecule has 0 aromatic heterocycles. The number of carbonyl (C=O) groups is 1. The predicted molar refractivity (Wildman–Crippen MR) is 70.2 cm³/mol. The first-order valence-corrected chi connectivity index (χ1v) is 5.86. The van der Waals surface area contributed by atoms with Crippen molar-refractivity contribution in [3.05, 3.63) is 33.9 Å². The molecule has 1 rings (SSSR count).